The second-order valence-electron chi connectivity index (χ2n) is 8.52. The van der Waals surface area contributed by atoms with Gasteiger partial charge in [-0.3, -0.25) is 4.79 Å². The lowest BCUT2D eigenvalue weighted by Crippen LogP contribution is -2.49. The van der Waals surface area contributed by atoms with Crippen molar-refractivity contribution < 1.29 is 13.9 Å². The van der Waals surface area contributed by atoms with E-state index in [2.05, 4.69) is 13.8 Å². The highest BCUT2D eigenvalue weighted by Gasteiger charge is 2.60. The topological polar surface area (TPSA) is 39.4 Å². The van der Waals surface area contributed by atoms with E-state index in [1.807, 2.05) is 6.07 Å². The van der Waals surface area contributed by atoms with E-state index in [4.69, 9.17) is 9.15 Å². The molecule has 122 valence electrons. The minimum absolute atomic E-state index is 0.125. The molecule has 4 atom stereocenters. The zero-order chi connectivity index (χ0) is 15.8. The molecule has 1 aliphatic heterocycles. The fourth-order valence-corrected chi connectivity index (χ4v) is 6.33. The van der Waals surface area contributed by atoms with E-state index in [1.54, 1.807) is 6.26 Å². The number of ketones is 1. The first-order chi connectivity index (χ1) is 11.0. The number of furan rings is 1. The highest BCUT2D eigenvalue weighted by atomic mass is 16.5. The number of aryl methyl sites for hydroxylation is 1. The maximum Gasteiger partial charge on any atom is 0.224 e. The number of hydrogen-bond acceptors (Lipinski definition) is 3. The molecular formula is C20H24O3. The molecule has 1 saturated carbocycles. The van der Waals surface area contributed by atoms with E-state index in [0.717, 1.165) is 37.0 Å². The summed E-state index contributed by atoms with van der Waals surface area (Å²) < 4.78 is 11.8. The Kier molecular flexibility index (Phi) is 2.67. The summed E-state index contributed by atoms with van der Waals surface area (Å²) in [4.78, 5) is 13.1. The van der Waals surface area contributed by atoms with Gasteiger partial charge in [-0.05, 0) is 42.6 Å². The lowest BCUT2D eigenvalue weighted by atomic mass is 9.49. The summed E-state index contributed by atoms with van der Waals surface area (Å²) >= 11 is 0. The Bertz CT molecular complexity index is 727. The molecule has 2 heterocycles. The van der Waals surface area contributed by atoms with E-state index >= 15 is 0 Å². The average molecular weight is 312 g/mol. The van der Waals surface area contributed by atoms with Crippen LogP contribution in [0.5, 0.6) is 0 Å². The molecule has 0 amide bonds. The van der Waals surface area contributed by atoms with Crippen molar-refractivity contribution in [3.63, 3.8) is 0 Å². The SMILES string of the molecule is C[C@@]12CCC[C@]3(C)C4=C(C[C@@H](OC1)[C@@H]23)C(=O)c1occc1CC4. The zero-order valence-corrected chi connectivity index (χ0v) is 14.0. The Balaban J connectivity index is 1.68. The molecular weight excluding hydrogens is 288 g/mol. The number of carbonyl (C=O) groups is 1. The van der Waals surface area contributed by atoms with Gasteiger partial charge in [0, 0.05) is 23.5 Å². The third kappa shape index (κ3) is 1.67. The van der Waals surface area contributed by atoms with Crippen molar-refractivity contribution in [3.05, 3.63) is 34.8 Å². The van der Waals surface area contributed by atoms with Crippen LogP contribution in [0, 0.1) is 16.7 Å². The number of allylic oxidation sites excluding steroid dienone is 1. The first kappa shape index (κ1) is 14.0. The molecule has 3 heteroatoms. The molecule has 3 aliphatic carbocycles. The number of carbonyl (C=O) groups excluding carboxylic acids is 1. The van der Waals surface area contributed by atoms with Crippen LogP contribution in [0.25, 0.3) is 0 Å². The number of fused-ring (bicyclic) bond motifs is 2. The lowest BCUT2D eigenvalue weighted by molar-refractivity contribution is 0.00972. The molecule has 0 unspecified atom stereocenters. The normalized spacial score (nSPS) is 42.1. The highest BCUT2D eigenvalue weighted by Crippen LogP contribution is 2.64. The van der Waals surface area contributed by atoms with E-state index in [0.29, 0.717) is 11.7 Å². The molecule has 1 saturated heterocycles. The van der Waals surface area contributed by atoms with Gasteiger partial charge in [0.2, 0.25) is 5.78 Å². The molecule has 0 spiro atoms. The van der Waals surface area contributed by atoms with Crippen molar-refractivity contribution >= 4 is 5.78 Å². The minimum atomic E-state index is 0.125. The molecule has 3 nitrogen and oxygen atoms in total. The monoisotopic (exact) mass is 312 g/mol. The summed E-state index contributed by atoms with van der Waals surface area (Å²) in [6.07, 6.45) is 8.29. The van der Waals surface area contributed by atoms with Crippen LogP contribution >= 0.6 is 0 Å². The van der Waals surface area contributed by atoms with Gasteiger partial charge in [-0.1, -0.05) is 25.8 Å². The number of hydrogen-bond donors (Lipinski definition) is 0. The fourth-order valence-electron chi connectivity index (χ4n) is 6.33. The Labute approximate surface area is 137 Å². The first-order valence-electron chi connectivity index (χ1n) is 8.98. The van der Waals surface area contributed by atoms with Gasteiger partial charge in [0.1, 0.15) is 0 Å². The van der Waals surface area contributed by atoms with Crippen molar-refractivity contribution in [2.45, 2.75) is 58.5 Å². The summed E-state index contributed by atoms with van der Waals surface area (Å²) in [5, 5.41) is 0. The third-order valence-electron chi connectivity index (χ3n) is 7.21. The van der Waals surface area contributed by atoms with E-state index in [9.17, 15) is 4.79 Å². The largest absolute Gasteiger partial charge is 0.461 e. The van der Waals surface area contributed by atoms with Crippen LogP contribution < -0.4 is 0 Å². The first-order valence-corrected chi connectivity index (χ1v) is 8.98. The van der Waals surface area contributed by atoms with Gasteiger partial charge in [0.05, 0.1) is 19.0 Å². The van der Waals surface area contributed by atoms with Crippen LogP contribution in [0.1, 0.15) is 62.1 Å². The van der Waals surface area contributed by atoms with E-state index in [1.165, 1.54) is 24.8 Å². The van der Waals surface area contributed by atoms with Crippen LogP contribution in [-0.2, 0) is 11.2 Å². The minimum Gasteiger partial charge on any atom is -0.461 e. The molecule has 23 heavy (non-hydrogen) atoms. The van der Waals surface area contributed by atoms with Gasteiger partial charge in [-0.15, -0.1) is 0 Å². The van der Waals surface area contributed by atoms with E-state index in [-0.39, 0.29) is 22.7 Å². The average Bonchev–Trinajstić information content (AvgIpc) is 3.08. The maximum absolute atomic E-state index is 13.1. The summed E-state index contributed by atoms with van der Waals surface area (Å²) in [6, 6.07) is 1.97. The van der Waals surface area contributed by atoms with Gasteiger partial charge in [0.15, 0.2) is 5.76 Å². The Morgan fingerprint density at radius 3 is 2.96 bits per heavy atom. The van der Waals surface area contributed by atoms with Gasteiger partial charge >= 0.3 is 0 Å². The molecule has 0 radical (unpaired) electrons. The predicted molar refractivity (Wildman–Crippen MR) is 86.3 cm³/mol. The van der Waals surface area contributed by atoms with Crippen LogP contribution in [-0.4, -0.2) is 18.5 Å². The second-order valence-corrected chi connectivity index (χ2v) is 8.52. The molecule has 5 rings (SSSR count). The Morgan fingerprint density at radius 2 is 2.09 bits per heavy atom. The second kappa shape index (κ2) is 4.38. The lowest BCUT2D eigenvalue weighted by Gasteiger charge is -2.53. The predicted octanol–water partition coefficient (Wildman–Crippen LogP) is 4.32. The maximum atomic E-state index is 13.1. The summed E-state index contributed by atoms with van der Waals surface area (Å²) in [5.41, 5.74) is 3.93. The third-order valence-corrected chi connectivity index (χ3v) is 7.21. The van der Waals surface area contributed by atoms with Crippen molar-refractivity contribution in [3.8, 4) is 0 Å². The standard InChI is InChI=1S/C20H24O3/c1-19-7-3-8-20(2)14-5-4-12-6-9-22-17(12)16(21)13(14)10-15(18(19)20)23-11-19/h6,9,15,18H,3-5,7-8,10-11H2,1-2H3/t15-,18+,19-,20-/m1/s1. The molecule has 1 aromatic rings. The summed E-state index contributed by atoms with van der Waals surface area (Å²) in [5.74, 6) is 1.27. The molecule has 1 aromatic heterocycles. The molecule has 0 aromatic carbocycles. The smallest absolute Gasteiger partial charge is 0.224 e. The summed E-state index contributed by atoms with van der Waals surface area (Å²) in [6.45, 7) is 5.67. The molecule has 0 bridgehead atoms. The number of ether oxygens (including phenoxy) is 1. The molecule has 2 fully saturated rings. The van der Waals surface area contributed by atoms with Crippen LogP contribution in [0.2, 0.25) is 0 Å². The summed E-state index contributed by atoms with van der Waals surface area (Å²) in [7, 11) is 0. The van der Waals surface area contributed by atoms with Crippen LogP contribution in [0.3, 0.4) is 0 Å². The molecule has 4 aliphatic rings. The van der Waals surface area contributed by atoms with Crippen LogP contribution in [0.4, 0.5) is 0 Å². The highest BCUT2D eigenvalue weighted by molar-refractivity contribution is 6.09. The van der Waals surface area contributed by atoms with Gasteiger partial charge < -0.3 is 9.15 Å². The van der Waals surface area contributed by atoms with Crippen molar-refractivity contribution in [1.82, 2.24) is 0 Å². The Morgan fingerprint density at radius 1 is 1.22 bits per heavy atom. The fraction of sp³-hybridized carbons (Fsp3) is 0.650. The van der Waals surface area contributed by atoms with Crippen LogP contribution in [0.15, 0.2) is 27.9 Å². The molecule has 0 N–H and O–H groups in total. The quantitative estimate of drug-likeness (QED) is 0.716. The zero-order valence-electron chi connectivity index (χ0n) is 14.0. The Hall–Kier alpha value is -1.35. The van der Waals surface area contributed by atoms with Gasteiger partial charge in [-0.2, -0.15) is 0 Å². The number of Topliss-reactive ketones (excluding diaryl/α,β-unsaturated/α-hetero) is 1. The number of rotatable bonds is 0. The van der Waals surface area contributed by atoms with Crippen molar-refractivity contribution in [2.24, 2.45) is 16.7 Å². The van der Waals surface area contributed by atoms with Gasteiger partial charge in [0.25, 0.3) is 0 Å². The van der Waals surface area contributed by atoms with Crippen molar-refractivity contribution in [1.29, 1.82) is 0 Å². The van der Waals surface area contributed by atoms with Crippen molar-refractivity contribution in [2.75, 3.05) is 6.61 Å². The van der Waals surface area contributed by atoms with Gasteiger partial charge in [-0.25, -0.2) is 0 Å². The van der Waals surface area contributed by atoms with E-state index < -0.39 is 0 Å².